The number of Topliss-reactive ketones (excluding diaryl/α,β-unsaturated/α-hetero) is 1. The molecule has 0 aromatic carbocycles. The highest BCUT2D eigenvalue weighted by Crippen LogP contribution is 2.63. The van der Waals surface area contributed by atoms with E-state index < -0.39 is 5.60 Å². The second-order valence-corrected chi connectivity index (χ2v) is 7.06. The van der Waals surface area contributed by atoms with E-state index in [0.717, 1.165) is 25.7 Å². The van der Waals surface area contributed by atoms with E-state index in [1.54, 1.807) is 0 Å². The molecule has 0 aromatic rings. The maximum absolute atomic E-state index is 12.2. The van der Waals surface area contributed by atoms with E-state index in [1.165, 1.54) is 0 Å². The van der Waals surface area contributed by atoms with Gasteiger partial charge in [0.25, 0.3) is 0 Å². The third-order valence-corrected chi connectivity index (χ3v) is 5.61. The van der Waals surface area contributed by atoms with Crippen molar-refractivity contribution in [3.63, 3.8) is 0 Å². The highest BCUT2D eigenvalue weighted by atomic mass is 16.3. The number of hydrogen-bond donors (Lipinski definition) is 1. The molecule has 0 spiro atoms. The molecule has 1 N–H and O–H groups in total. The zero-order valence-electron chi connectivity index (χ0n) is 10.5. The lowest BCUT2D eigenvalue weighted by Crippen LogP contribution is -2.58. The van der Waals surface area contributed by atoms with E-state index in [9.17, 15) is 9.90 Å². The Kier molecular flexibility index (Phi) is 1.95. The minimum Gasteiger partial charge on any atom is -0.389 e. The summed E-state index contributed by atoms with van der Waals surface area (Å²) in [6.45, 7) is 6.40. The Morgan fingerprint density at radius 1 is 1.06 bits per heavy atom. The Balaban J connectivity index is 2.09. The van der Waals surface area contributed by atoms with Gasteiger partial charge in [0.2, 0.25) is 0 Å². The standard InChI is InChI=1S/C14H22O2/c1-13(2,3)14(16)10-6-7-11(14)9-5-4-8(10)12(9)15/h8-11,16H,4-7H2,1-3H3. The highest BCUT2D eigenvalue weighted by molar-refractivity contribution is 5.87. The molecule has 2 heteroatoms. The first kappa shape index (κ1) is 10.8. The molecule has 3 aliphatic rings. The SMILES string of the molecule is CC(C)(C)C1(O)C2CCC1C1CCC2C1=O. The number of ketones is 1. The molecule has 3 fully saturated rings. The van der Waals surface area contributed by atoms with Gasteiger partial charge in [-0.1, -0.05) is 20.8 Å². The van der Waals surface area contributed by atoms with Crippen LogP contribution < -0.4 is 0 Å². The van der Waals surface area contributed by atoms with Gasteiger partial charge in [-0.3, -0.25) is 4.79 Å². The fourth-order valence-electron chi connectivity index (χ4n) is 4.92. The van der Waals surface area contributed by atoms with Gasteiger partial charge >= 0.3 is 0 Å². The third kappa shape index (κ3) is 1.000. The first-order valence-electron chi connectivity index (χ1n) is 6.63. The van der Waals surface area contributed by atoms with Crippen LogP contribution in [0.1, 0.15) is 46.5 Å². The van der Waals surface area contributed by atoms with Crippen LogP contribution >= 0.6 is 0 Å². The van der Waals surface area contributed by atoms with Gasteiger partial charge in [-0.15, -0.1) is 0 Å². The smallest absolute Gasteiger partial charge is 0.139 e. The van der Waals surface area contributed by atoms with Gasteiger partial charge in [0.1, 0.15) is 5.78 Å². The molecule has 0 aromatic heterocycles. The molecule has 0 saturated heterocycles. The number of fused-ring (bicyclic) bond motifs is 6. The third-order valence-electron chi connectivity index (χ3n) is 5.61. The lowest BCUT2D eigenvalue weighted by Gasteiger charge is -2.51. The van der Waals surface area contributed by atoms with Crippen LogP contribution in [-0.4, -0.2) is 16.5 Å². The summed E-state index contributed by atoms with van der Waals surface area (Å²) in [7, 11) is 0. The molecule has 3 rings (SSSR count). The number of aliphatic hydroxyl groups is 1. The molecule has 0 amide bonds. The van der Waals surface area contributed by atoms with Crippen molar-refractivity contribution in [3.05, 3.63) is 0 Å². The van der Waals surface area contributed by atoms with Crippen molar-refractivity contribution in [2.24, 2.45) is 29.1 Å². The fourth-order valence-corrected chi connectivity index (χ4v) is 4.92. The van der Waals surface area contributed by atoms with E-state index in [-0.39, 0.29) is 29.1 Å². The van der Waals surface area contributed by atoms with Crippen LogP contribution in [0.25, 0.3) is 0 Å². The number of carbonyl (C=O) groups excluding carboxylic acids is 1. The number of carbonyl (C=O) groups is 1. The Morgan fingerprint density at radius 2 is 1.50 bits per heavy atom. The summed E-state index contributed by atoms with van der Waals surface area (Å²) in [6.07, 6.45) is 4.18. The molecule has 16 heavy (non-hydrogen) atoms. The number of hydrogen-bond acceptors (Lipinski definition) is 2. The summed E-state index contributed by atoms with van der Waals surface area (Å²) >= 11 is 0. The maximum atomic E-state index is 12.2. The molecule has 4 atom stereocenters. The van der Waals surface area contributed by atoms with Crippen LogP contribution in [-0.2, 0) is 4.79 Å². The second kappa shape index (κ2) is 2.90. The molecular formula is C14H22O2. The lowest BCUT2D eigenvalue weighted by molar-refractivity contribution is -0.170. The first-order chi connectivity index (χ1) is 7.37. The molecule has 2 nitrogen and oxygen atoms in total. The van der Waals surface area contributed by atoms with Crippen LogP contribution in [0.3, 0.4) is 0 Å². The Morgan fingerprint density at radius 3 is 1.88 bits per heavy atom. The molecule has 4 bridgehead atoms. The first-order valence-corrected chi connectivity index (χ1v) is 6.63. The quantitative estimate of drug-likeness (QED) is 0.683. The maximum Gasteiger partial charge on any atom is 0.139 e. The average molecular weight is 222 g/mol. The molecule has 90 valence electrons. The van der Waals surface area contributed by atoms with Gasteiger partial charge < -0.3 is 5.11 Å². The predicted molar refractivity (Wildman–Crippen MR) is 61.8 cm³/mol. The Hall–Kier alpha value is -0.370. The number of rotatable bonds is 0. The lowest BCUT2D eigenvalue weighted by atomic mass is 9.58. The minimum atomic E-state index is -0.591. The molecule has 0 aliphatic heterocycles. The Bertz CT molecular complexity index is 317. The topological polar surface area (TPSA) is 37.3 Å². The zero-order chi connectivity index (χ0) is 11.7. The van der Waals surface area contributed by atoms with Gasteiger partial charge in [-0.05, 0) is 42.9 Å². The van der Waals surface area contributed by atoms with Crippen molar-refractivity contribution in [1.82, 2.24) is 0 Å². The Labute approximate surface area is 97.4 Å². The summed E-state index contributed by atoms with van der Waals surface area (Å²) in [5, 5.41) is 11.2. The van der Waals surface area contributed by atoms with Gasteiger partial charge in [0, 0.05) is 11.8 Å². The van der Waals surface area contributed by atoms with E-state index in [0.29, 0.717) is 5.78 Å². The summed E-state index contributed by atoms with van der Waals surface area (Å²) in [6, 6.07) is 0. The van der Waals surface area contributed by atoms with Gasteiger partial charge in [-0.2, -0.15) is 0 Å². The van der Waals surface area contributed by atoms with Crippen LogP contribution in [0.4, 0.5) is 0 Å². The molecule has 4 unspecified atom stereocenters. The fraction of sp³-hybridized carbons (Fsp3) is 0.929. The molecule has 3 aliphatic carbocycles. The van der Waals surface area contributed by atoms with Crippen molar-refractivity contribution < 1.29 is 9.90 Å². The average Bonchev–Trinajstić information content (AvgIpc) is 2.53. The molecule has 0 heterocycles. The van der Waals surface area contributed by atoms with Crippen molar-refractivity contribution >= 4 is 5.78 Å². The van der Waals surface area contributed by atoms with E-state index in [2.05, 4.69) is 20.8 Å². The summed E-state index contributed by atoms with van der Waals surface area (Å²) in [5.41, 5.74) is -0.687. The van der Waals surface area contributed by atoms with Gasteiger partial charge in [0.15, 0.2) is 0 Å². The van der Waals surface area contributed by atoms with Crippen LogP contribution in [0.5, 0.6) is 0 Å². The normalized spacial score (nSPS) is 51.1. The largest absolute Gasteiger partial charge is 0.389 e. The highest BCUT2D eigenvalue weighted by Gasteiger charge is 2.67. The van der Waals surface area contributed by atoms with Crippen LogP contribution in [0.15, 0.2) is 0 Å². The van der Waals surface area contributed by atoms with Crippen molar-refractivity contribution in [3.8, 4) is 0 Å². The van der Waals surface area contributed by atoms with Crippen molar-refractivity contribution in [1.29, 1.82) is 0 Å². The van der Waals surface area contributed by atoms with E-state index >= 15 is 0 Å². The zero-order valence-corrected chi connectivity index (χ0v) is 10.5. The van der Waals surface area contributed by atoms with Crippen LogP contribution in [0.2, 0.25) is 0 Å². The van der Waals surface area contributed by atoms with Crippen LogP contribution in [0, 0.1) is 29.1 Å². The predicted octanol–water partition coefficient (Wildman–Crippen LogP) is 2.40. The van der Waals surface area contributed by atoms with E-state index in [4.69, 9.17) is 0 Å². The monoisotopic (exact) mass is 222 g/mol. The van der Waals surface area contributed by atoms with Gasteiger partial charge in [0.05, 0.1) is 5.60 Å². The molecular weight excluding hydrogens is 200 g/mol. The second-order valence-electron chi connectivity index (χ2n) is 7.06. The van der Waals surface area contributed by atoms with Crippen molar-refractivity contribution in [2.75, 3.05) is 0 Å². The summed E-state index contributed by atoms with van der Waals surface area (Å²) < 4.78 is 0. The molecule has 3 saturated carbocycles. The minimum absolute atomic E-state index is 0.0969. The van der Waals surface area contributed by atoms with E-state index in [1.807, 2.05) is 0 Å². The summed E-state index contributed by atoms with van der Waals surface area (Å²) in [5.74, 6) is 1.30. The molecule has 0 radical (unpaired) electrons. The van der Waals surface area contributed by atoms with Gasteiger partial charge in [-0.25, -0.2) is 0 Å². The summed E-state index contributed by atoms with van der Waals surface area (Å²) in [4.78, 5) is 12.2. The van der Waals surface area contributed by atoms with Crippen molar-refractivity contribution in [2.45, 2.75) is 52.1 Å².